The van der Waals surface area contributed by atoms with Crippen molar-refractivity contribution in [2.24, 2.45) is 5.92 Å². The van der Waals surface area contributed by atoms with E-state index in [4.69, 9.17) is 0 Å². The average molecular weight is 350 g/mol. The molecule has 1 saturated heterocycles. The summed E-state index contributed by atoms with van der Waals surface area (Å²) >= 11 is 0. The van der Waals surface area contributed by atoms with Crippen LogP contribution in [-0.2, 0) is 9.59 Å². The third-order valence-electron chi connectivity index (χ3n) is 5.21. The third-order valence-corrected chi connectivity index (χ3v) is 5.21. The lowest BCUT2D eigenvalue weighted by Crippen LogP contribution is -2.28. The van der Waals surface area contributed by atoms with Crippen LogP contribution < -0.4 is 10.2 Å². The third kappa shape index (κ3) is 3.64. The monoisotopic (exact) mass is 350 g/mol. The van der Waals surface area contributed by atoms with Crippen molar-refractivity contribution >= 4 is 23.2 Å². The lowest BCUT2D eigenvalue weighted by atomic mass is 10.0. The van der Waals surface area contributed by atoms with Crippen LogP contribution in [0, 0.1) is 19.8 Å². The SMILES string of the molecule is Cc1cccc(N2CC(C(=O)Nc3ccc(C(C)C)cc3)CC2=O)c1C. The average Bonchev–Trinajstić information content (AvgIpc) is 2.99. The van der Waals surface area contributed by atoms with Gasteiger partial charge < -0.3 is 10.2 Å². The molecule has 4 nitrogen and oxygen atoms in total. The fraction of sp³-hybridized carbons (Fsp3) is 0.364. The maximum Gasteiger partial charge on any atom is 0.229 e. The Kier molecular flexibility index (Phi) is 5.12. The Hall–Kier alpha value is -2.62. The maximum absolute atomic E-state index is 12.6. The fourth-order valence-corrected chi connectivity index (χ4v) is 3.34. The second-order valence-corrected chi connectivity index (χ2v) is 7.39. The molecule has 0 radical (unpaired) electrons. The second kappa shape index (κ2) is 7.32. The number of aryl methyl sites for hydroxylation is 1. The minimum atomic E-state index is -0.327. The number of hydrogen-bond acceptors (Lipinski definition) is 2. The predicted octanol–water partition coefficient (Wildman–Crippen LogP) is 4.42. The molecule has 1 fully saturated rings. The number of carbonyl (C=O) groups is 2. The van der Waals surface area contributed by atoms with E-state index >= 15 is 0 Å². The minimum absolute atomic E-state index is 0.00834. The normalized spacial score (nSPS) is 17.0. The van der Waals surface area contributed by atoms with E-state index in [1.54, 1.807) is 4.90 Å². The highest BCUT2D eigenvalue weighted by atomic mass is 16.2. The molecular weight excluding hydrogens is 324 g/mol. The summed E-state index contributed by atoms with van der Waals surface area (Å²) in [5.41, 5.74) is 5.16. The summed E-state index contributed by atoms with van der Waals surface area (Å²) in [5.74, 6) is 0.0444. The molecular formula is C22H26N2O2. The minimum Gasteiger partial charge on any atom is -0.326 e. The highest BCUT2D eigenvalue weighted by Gasteiger charge is 2.35. The largest absolute Gasteiger partial charge is 0.326 e. The van der Waals surface area contributed by atoms with E-state index in [9.17, 15) is 9.59 Å². The van der Waals surface area contributed by atoms with Crippen molar-refractivity contribution < 1.29 is 9.59 Å². The van der Waals surface area contributed by atoms with E-state index in [0.717, 1.165) is 22.5 Å². The first-order valence-corrected chi connectivity index (χ1v) is 9.14. The second-order valence-electron chi connectivity index (χ2n) is 7.39. The molecule has 0 aliphatic carbocycles. The number of nitrogens with zero attached hydrogens (tertiary/aromatic N) is 1. The van der Waals surface area contributed by atoms with Crippen LogP contribution in [0.5, 0.6) is 0 Å². The standard InChI is InChI=1S/C22H26N2O2/c1-14(2)17-8-10-19(11-9-17)23-22(26)18-12-21(25)24(13-18)20-7-5-6-15(3)16(20)4/h5-11,14,18H,12-13H2,1-4H3,(H,23,26). The van der Waals surface area contributed by atoms with Crippen molar-refractivity contribution in [1.29, 1.82) is 0 Å². The van der Waals surface area contributed by atoms with Crippen molar-refractivity contribution in [3.8, 4) is 0 Å². The van der Waals surface area contributed by atoms with Gasteiger partial charge in [0.05, 0.1) is 5.92 Å². The van der Waals surface area contributed by atoms with Gasteiger partial charge in [-0.2, -0.15) is 0 Å². The van der Waals surface area contributed by atoms with Gasteiger partial charge in [-0.3, -0.25) is 9.59 Å². The number of carbonyl (C=O) groups excluding carboxylic acids is 2. The quantitative estimate of drug-likeness (QED) is 0.887. The molecule has 3 rings (SSSR count). The Balaban J connectivity index is 1.70. The van der Waals surface area contributed by atoms with E-state index in [2.05, 4.69) is 19.2 Å². The number of amides is 2. The molecule has 0 bridgehead atoms. The zero-order valence-corrected chi connectivity index (χ0v) is 15.9. The predicted molar refractivity (Wildman–Crippen MR) is 106 cm³/mol. The molecule has 1 N–H and O–H groups in total. The highest BCUT2D eigenvalue weighted by molar-refractivity contribution is 6.03. The van der Waals surface area contributed by atoms with Gasteiger partial charge in [-0.15, -0.1) is 0 Å². The van der Waals surface area contributed by atoms with Crippen LogP contribution in [0.4, 0.5) is 11.4 Å². The van der Waals surface area contributed by atoms with E-state index in [1.807, 2.05) is 56.3 Å². The Morgan fingerprint density at radius 2 is 1.81 bits per heavy atom. The molecule has 1 heterocycles. The molecule has 0 spiro atoms. The Morgan fingerprint density at radius 1 is 1.12 bits per heavy atom. The number of hydrogen-bond donors (Lipinski definition) is 1. The smallest absolute Gasteiger partial charge is 0.229 e. The van der Waals surface area contributed by atoms with Crippen molar-refractivity contribution in [2.75, 3.05) is 16.8 Å². The lowest BCUT2D eigenvalue weighted by molar-refractivity contribution is -0.122. The lowest BCUT2D eigenvalue weighted by Gasteiger charge is -2.20. The summed E-state index contributed by atoms with van der Waals surface area (Å²) in [5, 5.41) is 2.95. The van der Waals surface area contributed by atoms with Crippen LogP contribution in [0.15, 0.2) is 42.5 Å². The molecule has 2 aromatic rings. The molecule has 2 aromatic carbocycles. The Morgan fingerprint density at radius 3 is 2.46 bits per heavy atom. The molecule has 26 heavy (non-hydrogen) atoms. The zero-order chi connectivity index (χ0) is 18.8. The van der Waals surface area contributed by atoms with Gasteiger partial charge in [0.25, 0.3) is 0 Å². The highest BCUT2D eigenvalue weighted by Crippen LogP contribution is 2.30. The van der Waals surface area contributed by atoms with E-state index in [0.29, 0.717) is 12.5 Å². The molecule has 2 amide bonds. The van der Waals surface area contributed by atoms with E-state index in [-0.39, 0.29) is 24.2 Å². The molecule has 0 aromatic heterocycles. The molecule has 4 heteroatoms. The van der Waals surface area contributed by atoms with Crippen LogP contribution in [-0.4, -0.2) is 18.4 Å². The van der Waals surface area contributed by atoms with Crippen LogP contribution in [0.3, 0.4) is 0 Å². The number of benzene rings is 2. The first-order valence-electron chi connectivity index (χ1n) is 9.14. The Labute approximate surface area is 155 Å². The maximum atomic E-state index is 12.6. The van der Waals surface area contributed by atoms with Crippen LogP contribution in [0.25, 0.3) is 0 Å². The van der Waals surface area contributed by atoms with Gasteiger partial charge >= 0.3 is 0 Å². The van der Waals surface area contributed by atoms with Gasteiger partial charge in [-0.25, -0.2) is 0 Å². The summed E-state index contributed by atoms with van der Waals surface area (Å²) in [7, 11) is 0. The number of nitrogens with one attached hydrogen (secondary N) is 1. The summed E-state index contributed by atoms with van der Waals surface area (Å²) < 4.78 is 0. The van der Waals surface area contributed by atoms with Crippen LogP contribution >= 0.6 is 0 Å². The van der Waals surface area contributed by atoms with Crippen LogP contribution in [0.2, 0.25) is 0 Å². The Bertz CT molecular complexity index is 825. The van der Waals surface area contributed by atoms with Gasteiger partial charge in [0.1, 0.15) is 0 Å². The van der Waals surface area contributed by atoms with Crippen molar-refractivity contribution in [3.05, 3.63) is 59.2 Å². The van der Waals surface area contributed by atoms with Crippen molar-refractivity contribution in [3.63, 3.8) is 0 Å². The summed E-state index contributed by atoms with van der Waals surface area (Å²) in [6.45, 7) is 8.75. The van der Waals surface area contributed by atoms with Crippen molar-refractivity contribution in [2.45, 2.75) is 40.0 Å². The van der Waals surface area contributed by atoms with E-state index < -0.39 is 0 Å². The van der Waals surface area contributed by atoms with Gasteiger partial charge in [-0.1, -0.05) is 38.1 Å². The van der Waals surface area contributed by atoms with Gasteiger partial charge in [0.15, 0.2) is 0 Å². The molecule has 1 unspecified atom stereocenters. The molecule has 1 aliphatic rings. The molecule has 1 atom stereocenters. The zero-order valence-electron chi connectivity index (χ0n) is 15.9. The van der Waals surface area contributed by atoms with Gasteiger partial charge in [0, 0.05) is 24.3 Å². The van der Waals surface area contributed by atoms with Gasteiger partial charge in [-0.05, 0) is 54.7 Å². The summed E-state index contributed by atoms with van der Waals surface area (Å²) in [6.07, 6.45) is 0.253. The first-order chi connectivity index (χ1) is 12.4. The molecule has 0 saturated carbocycles. The fourth-order valence-electron chi connectivity index (χ4n) is 3.34. The summed E-state index contributed by atoms with van der Waals surface area (Å²) in [6, 6.07) is 13.8. The van der Waals surface area contributed by atoms with Crippen LogP contribution in [0.1, 0.15) is 42.9 Å². The topological polar surface area (TPSA) is 49.4 Å². The molecule has 136 valence electrons. The number of anilines is 2. The summed E-state index contributed by atoms with van der Waals surface area (Å²) in [4.78, 5) is 26.8. The van der Waals surface area contributed by atoms with Crippen molar-refractivity contribution in [1.82, 2.24) is 0 Å². The van der Waals surface area contributed by atoms with E-state index in [1.165, 1.54) is 5.56 Å². The molecule has 1 aliphatic heterocycles. The number of rotatable bonds is 4. The first kappa shape index (κ1) is 18.2. The van der Waals surface area contributed by atoms with Gasteiger partial charge in [0.2, 0.25) is 11.8 Å².